The van der Waals surface area contributed by atoms with Gasteiger partial charge in [-0.15, -0.1) is 0 Å². The van der Waals surface area contributed by atoms with Gasteiger partial charge in [-0.1, -0.05) is 94.2 Å². The second-order valence-electron chi connectivity index (χ2n) is 17.4. The molecule has 7 atom stereocenters. The van der Waals surface area contributed by atoms with E-state index in [-0.39, 0.29) is 48.7 Å². The van der Waals surface area contributed by atoms with Crippen LogP contribution in [0.5, 0.6) is 5.75 Å². The number of carbonyl (C=O) groups is 6. The van der Waals surface area contributed by atoms with Crippen LogP contribution >= 0.6 is 0 Å². The number of ether oxygens (including phenoxy) is 1. The predicted octanol–water partition coefficient (Wildman–Crippen LogP) is 6.21. The zero-order chi connectivity index (χ0) is 45.2. The summed E-state index contributed by atoms with van der Waals surface area (Å²) >= 11 is 0. The van der Waals surface area contributed by atoms with Crippen LogP contribution in [0.25, 0.3) is 0 Å². The molecule has 1 unspecified atom stereocenters. The third kappa shape index (κ3) is 16.0. The van der Waals surface area contributed by atoms with Crippen molar-refractivity contribution >= 4 is 35.3 Å². The lowest BCUT2D eigenvalue weighted by Crippen LogP contribution is -2.62. The third-order valence-corrected chi connectivity index (χ3v) is 12.1. The van der Waals surface area contributed by atoms with Crippen LogP contribution in [0.4, 0.5) is 0 Å². The number of cyclic esters (lactones) is 1. The molecule has 0 spiro atoms. The molecule has 0 radical (unpaired) electrons. The number of aliphatic hydroxyl groups excluding tert-OH is 1. The number of benzene rings is 1. The lowest BCUT2D eigenvalue weighted by atomic mass is 9.85. The van der Waals surface area contributed by atoms with Crippen LogP contribution in [0.3, 0.4) is 0 Å². The van der Waals surface area contributed by atoms with Gasteiger partial charge in [-0.3, -0.25) is 29.0 Å². The molecule has 3 amide bonds. The van der Waals surface area contributed by atoms with E-state index in [2.05, 4.69) is 22.6 Å². The Morgan fingerprint density at radius 1 is 0.919 bits per heavy atom. The normalized spacial score (nSPS) is 27.9. The summed E-state index contributed by atoms with van der Waals surface area (Å²) in [7, 11) is 0. The number of aliphatic hydroxyl groups is 1. The van der Waals surface area contributed by atoms with Crippen LogP contribution in [0, 0.1) is 17.8 Å². The van der Waals surface area contributed by atoms with Crippen LogP contribution in [0.1, 0.15) is 117 Å². The Balaban J connectivity index is 1.64. The predicted molar refractivity (Wildman–Crippen MR) is 238 cm³/mol. The number of nitrogens with zero attached hydrogens (tertiary/aromatic N) is 1. The van der Waals surface area contributed by atoms with E-state index in [4.69, 9.17) is 4.74 Å². The van der Waals surface area contributed by atoms with Crippen molar-refractivity contribution in [2.24, 2.45) is 17.8 Å². The Hall–Kier alpha value is -5.14. The van der Waals surface area contributed by atoms with Gasteiger partial charge in [0.15, 0.2) is 5.78 Å². The van der Waals surface area contributed by atoms with E-state index in [0.29, 0.717) is 49.2 Å². The number of Topliss-reactive ketones (excluding diaryl/α,β-unsaturated/α-hetero) is 1. The van der Waals surface area contributed by atoms with Crippen molar-refractivity contribution in [3.63, 3.8) is 0 Å². The summed E-state index contributed by atoms with van der Waals surface area (Å²) in [5.41, 5.74) is 4.56. The molecule has 1 aromatic rings. The molecule has 1 aliphatic carbocycles. The number of allylic oxidation sites excluding steroid dienone is 6. The zero-order valence-electron chi connectivity index (χ0n) is 37.0. The number of hydrogen-bond donors (Lipinski definition) is 5. The van der Waals surface area contributed by atoms with Crippen molar-refractivity contribution in [3.05, 3.63) is 90.1 Å². The van der Waals surface area contributed by atoms with Crippen LogP contribution in [0.15, 0.2) is 84.5 Å². The van der Waals surface area contributed by atoms with E-state index in [0.717, 1.165) is 6.42 Å². The summed E-state index contributed by atoms with van der Waals surface area (Å²) in [6.45, 7) is 10.7. The maximum Gasteiger partial charge on any atom is 0.325 e. The quantitative estimate of drug-likeness (QED) is 0.0700. The fraction of sp³-hybridized carbons (Fsp3) is 0.551. The largest absolute Gasteiger partial charge is 0.508 e. The highest BCUT2D eigenvalue weighted by Gasteiger charge is 2.37. The van der Waals surface area contributed by atoms with Crippen LogP contribution < -0.4 is 16.1 Å². The van der Waals surface area contributed by atoms with Crippen molar-refractivity contribution in [2.75, 3.05) is 6.54 Å². The van der Waals surface area contributed by atoms with Crippen molar-refractivity contribution in [2.45, 2.75) is 148 Å². The molecule has 2 heterocycles. The van der Waals surface area contributed by atoms with Crippen molar-refractivity contribution in [1.82, 2.24) is 21.1 Å². The molecule has 2 fully saturated rings. The first-order valence-electron chi connectivity index (χ1n) is 22.3. The Kier molecular flexibility index (Phi) is 20.0. The van der Waals surface area contributed by atoms with Gasteiger partial charge in [-0.2, -0.15) is 0 Å². The highest BCUT2D eigenvalue weighted by molar-refractivity contribution is 5.94. The number of amides is 3. The minimum atomic E-state index is -1.30. The molecule has 62 heavy (non-hydrogen) atoms. The molecule has 1 aromatic carbocycles. The van der Waals surface area contributed by atoms with Gasteiger partial charge in [0.25, 0.3) is 5.91 Å². The standard InChI is InChI=1S/C49H68N4O9/c1-32(2)44-47(59)50-42(31-37-20-14-22-39(56)30-37)48(60)53-29-15-23-41(52-53)49(61)62-43(33(3)17-13-21-38(55)27-26-36-18-10-8-11-19-36)24-12-7-6-9-16-34(4)45(57)40(46(58)51-44)28-25-35(5)54/h6-7,9,12-14,17,20-22,30,34,36,40-45,52,56-57H,1,8,10-11,15-16,18-19,23-29,31H2,2-5H3,(H,50,59)(H,51,58)/b9-6+,12-7+,21-13+,33-17+/t34-,40+,41?,42-,43-,44-,45+/m0/s1. The van der Waals surface area contributed by atoms with Crippen LogP contribution in [-0.4, -0.2) is 87.4 Å². The summed E-state index contributed by atoms with van der Waals surface area (Å²) in [4.78, 5) is 80.9. The molecule has 0 aromatic heterocycles. The van der Waals surface area contributed by atoms with E-state index in [9.17, 15) is 39.0 Å². The van der Waals surface area contributed by atoms with Gasteiger partial charge < -0.3 is 30.4 Å². The van der Waals surface area contributed by atoms with Crippen molar-refractivity contribution in [3.8, 4) is 5.75 Å². The first kappa shape index (κ1) is 49.5. The summed E-state index contributed by atoms with van der Waals surface area (Å²) in [5.74, 6) is -3.47. The molecule has 13 heteroatoms. The minimum Gasteiger partial charge on any atom is -0.508 e. The Morgan fingerprint density at radius 2 is 1.65 bits per heavy atom. The smallest absolute Gasteiger partial charge is 0.325 e. The van der Waals surface area contributed by atoms with Gasteiger partial charge in [0, 0.05) is 32.2 Å². The lowest BCUT2D eigenvalue weighted by Gasteiger charge is -2.36. The molecule has 338 valence electrons. The summed E-state index contributed by atoms with van der Waals surface area (Å²) in [6, 6.07) is 2.88. The number of aromatic hydroxyl groups is 1. The molecule has 5 N–H and O–H groups in total. The van der Waals surface area contributed by atoms with Crippen molar-refractivity contribution < 1.29 is 43.7 Å². The van der Waals surface area contributed by atoms with Crippen molar-refractivity contribution in [1.29, 1.82) is 0 Å². The topological polar surface area (TPSA) is 191 Å². The average molecular weight is 857 g/mol. The molecule has 1 saturated heterocycles. The molecule has 2 bridgehead atoms. The number of carbonyl (C=O) groups excluding carboxylic acids is 6. The number of phenolic OH excluding ortho intramolecular Hbond substituents is 1. The minimum absolute atomic E-state index is 0.0314. The third-order valence-electron chi connectivity index (χ3n) is 12.1. The van der Waals surface area contributed by atoms with Gasteiger partial charge in [0.05, 0.1) is 12.0 Å². The van der Waals surface area contributed by atoms with Gasteiger partial charge in [0.2, 0.25) is 11.8 Å². The van der Waals surface area contributed by atoms with E-state index in [1.54, 1.807) is 44.2 Å². The Morgan fingerprint density at radius 3 is 2.34 bits per heavy atom. The highest BCUT2D eigenvalue weighted by Crippen LogP contribution is 2.28. The zero-order valence-corrected chi connectivity index (χ0v) is 37.0. The summed E-state index contributed by atoms with van der Waals surface area (Å²) in [5, 5.41) is 28.5. The maximum atomic E-state index is 14.3. The molecule has 4 rings (SSSR count). The lowest BCUT2D eigenvalue weighted by molar-refractivity contribution is -0.156. The number of hydrazine groups is 1. The van der Waals surface area contributed by atoms with Gasteiger partial charge in [-0.05, 0) is 99.6 Å². The summed E-state index contributed by atoms with van der Waals surface area (Å²) in [6.07, 6.45) is 19.6. The first-order chi connectivity index (χ1) is 29.6. The molecule has 1 saturated carbocycles. The van der Waals surface area contributed by atoms with Gasteiger partial charge in [0.1, 0.15) is 35.8 Å². The number of nitrogens with one attached hydrogen (secondary N) is 3. The highest BCUT2D eigenvalue weighted by atomic mass is 16.5. The van der Waals surface area contributed by atoms with E-state index in [1.807, 2.05) is 31.2 Å². The summed E-state index contributed by atoms with van der Waals surface area (Å²) < 4.78 is 6.11. The molecular formula is C49H68N4O9. The number of ketones is 2. The maximum absolute atomic E-state index is 14.3. The van der Waals surface area contributed by atoms with Crippen LogP contribution in [-0.2, 0) is 39.9 Å². The number of hydrogen-bond acceptors (Lipinski definition) is 10. The van der Waals surface area contributed by atoms with Gasteiger partial charge >= 0.3 is 5.97 Å². The average Bonchev–Trinajstić information content (AvgIpc) is 3.24. The second kappa shape index (κ2) is 25.1. The SMILES string of the molecule is C=C(C)[C@@H]1NC(=O)[C@H](CCC(C)=O)[C@H](O)[C@@H](C)C/C=C/C=C/C[C@@H](/C(C)=C/C=C/C(=O)CCC2CCCCC2)OC(=O)C2CCCN(N2)C(=O)[C@H](Cc2cccc(O)c2)NC1=O. The number of fused-ring (bicyclic) bond motifs is 2. The van der Waals surface area contributed by atoms with E-state index in [1.165, 1.54) is 56.2 Å². The first-order valence-corrected chi connectivity index (χ1v) is 22.3. The molecule has 3 aliphatic rings. The Bertz CT molecular complexity index is 1860. The number of esters is 1. The monoisotopic (exact) mass is 856 g/mol. The fourth-order valence-corrected chi connectivity index (χ4v) is 8.21. The number of rotatable bonds is 12. The molecule has 13 nitrogen and oxygen atoms in total. The Labute approximate surface area is 367 Å². The van der Waals surface area contributed by atoms with Crippen LogP contribution in [0.2, 0.25) is 0 Å². The number of phenols is 1. The second-order valence-corrected chi connectivity index (χ2v) is 17.4. The fourth-order valence-electron chi connectivity index (χ4n) is 8.21. The van der Waals surface area contributed by atoms with Gasteiger partial charge in [-0.25, -0.2) is 5.43 Å². The molecular weight excluding hydrogens is 789 g/mol. The molecule has 2 aliphatic heterocycles. The van der Waals surface area contributed by atoms with E-state index < -0.39 is 65.9 Å². The van der Waals surface area contributed by atoms with E-state index >= 15 is 0 Å².